The zero-order chi connectivity index (χ0) is 25.5. The minimum atomic E-state index is -0.307. The number of hydrazone groups is 1. The van der Waals surface area contributed by atoms with Gasteiger partial charge in [0.2, 0.25) is 0 Å². The molecule has 0 atom stereocenters. The Morgan fingerprint density at radius 2 is 1.89 bits per heavy atom. The highest BCUT2D eigenvalue weighted by atomic mass is 127. The maximum Gasteiger partial charge on any atom is 0.250 e. The van der Waals surface area contributed by atoms with Gasteiger partial charge in [0.05, 0.1) is 22.1 Å². The van der Waals surface area contributed by atoms with Crippen LogP contribution in [0.5, 0.6) is 11.5 Å². The van der Waals surface area contributed by atoms with Crippen LogP contribution in [0.2, 0.25) is 0 Å². The molecule has 2 N–H and O–H groups in total. The lowest BCUT2D eigenvalue weighted by molar-refractivity contribution is -0.118. The molecule has 0 radical (unpaired) electrons. The van der Waals surface area contributed by atoms with Crippen molar-refractivity contribution < 1.29 is 14.6 Å². The van der Waals surface area contributed by atoms with Crippen molar-refractivity contribution >= 4 is 69.1 Å². The SMILES string of the molecule is CCOc1ccc(-n2c(SCC(=O)NN=Cc3cc(I)cc(I)c3O)nnc2-c2ccccc2)cc1. The Kier molecular flexibility index (Phi) is 9.20. The molecule has 1 heterocycles. The van der Waals surface area contributed by atoms with Crippen LogP contribution < -0.4 is 10.2 Å². The van der Waals surface area contributed by atoms with Crippen LogP contribution in [0.25, 0.3) is 17.1 Å². The number of rotatable bonds is 9. The van der Waals surface area contributed by atoms with E-state index >= 15 is 0 Å². The molecule has 0 aliphatic carbocycles. The van der Waals surface area contributed by atoms with Gasteiger partial charge in [0.25, 0.3) is 5.91 Å². The molecule has 1 amide bonds. The average Bonchev–Trinajstić information content (AvgIpc) is 3.31. The Labute approximate surface area is 239 Å². The highest BCUT2D eigenvalue weighted by Crippen LogP contribution is 2.29. The number of amides is 1. The summed E-state index contributed by atoms with van der Waals surface area (Å²) >= 11 is 5.47. The highest BCUT2D eigenvalue weighted by Gasteiger charge is 2.17. The minimum absolute atomic E-state index is 0.0805. The predicted octanol–water partition coefficient (Wildman–Crippen LogP) is 5.49. The van der Waals surface area contributed by atoms with E-state index in [9.17, 15) is 9.90 Å². The van der Waals surface area contributed by atoms with E-state index in [0.717, 1.165) is 20.6 Å². The first-order chi connectivity index (χ1) is 17.5. The Balaban J connectivity index is 1.51. The lowest BCUT2D eigenvalue weighted by Crippen LogP contribution is -2.20. The first-order valence-electron chi connectivity index (χ1n) is 10.8. The van der Waals surface area contributed by atoms with Crippen molar-refractivity contribution in [3.63, 3.8) is 0 Å². The normalized spacial score (nSPS) is 11.1. The lowest BCUT2D eigenvalue weighted by atomic mass is 10.2. The minimum Gasteiger partial charge on any atom is -0.506 e. The van der Waals surface area contributed by atoms with E-state index in [0.29, 0.717) is 26.7 Å². The summed E-state index contributed by atoms with van der Waals surface area (Å²) in [5.74, 6) is 1.34. The molecule has 0 spiro atoms. The standard InChI is InChI=1S/C25H21I2N5O3S/c1-2-35-20-10-8-19(9-11-20)32-24(16-6-4-3-5-7-16)30-31-25(32)36-15-22(33)29-28-14-17-12-18(26)13-21(27)23(17)34/h3-14,34H,2,15H2,1H3,(H,29,33). The molecule has 0 aliphatic heterocycles. The van der Waals surface area contributed by atoms with Crippen molar-refractivity contribution in [2.45, 2.75) is 12.1 Å². The molecule has 0 bridgehead atoms. The van der Waals surface area contributed by atoms with Crippen LogP contribution in [0.1, 0.15) is 12.5 Å². The van der Waals surface area contributed by atoms with Crippen molar-refractivity contribution in [3.05, 3.63) is 79.4 Å². The molecule has 0 saturated carbocycles. The third kappa shape index (κ3) is 6.56. The maximum absolute atomic E-state index is 12.5. The predicted molar refractivity (Wildman–Crippen MR) is 158 cm³/mol. The van der Waals surface area contributed by atoms with Gasteiger partial charge in [0, 0.05) is 20.4 Å². The zero-order valence-electron chi connectivity index (χ0n) is 19.1. The smallest absolute Gasteiger partial charge is 0.250 e. The van der Waals surface area contributed by atoms with E-state index < -0.39 is 0 Å². The molecular formula is C25H21I2N5O3S. The molecular weight excluding hydrogens is 704 g/mol. The summed E-state index contributed by atoms with van der Waals surface area (Å²) in [5.41, 5.74) is 4.80. The van der Waals surface area contributed by atoms with Crippen LogP contribution in [0.3, 0.4) is 0 Å². The van der Waals surface area contributed by atoms with E-state index in [1.54, 1.807) is 6.07 Å². The number of phenols is 1. The van der Waals surface area contributed by atoms with Crippen molar-refractivity contribution in [2.75, 3.05) is 12.4 Å². The van der Waals surface area contributed by atoms with Gasteiger partial charge in [-0.1, -0.05) is 42.1 Å². The van der Waals surface area contributed by atoms with E-state index in [1.165, 1.54) is 18.0 Å². The van der Waals surface area contributed by atoms with Crippen LogP contribution in [0.4, 0.5) is 0 Å². The first-order valence-corrected chi connectivity index (χ1v) is 14.0. The first kappa shape index (κ1) is 26.4. The Morgan fingerprint density at radius 1 is 1.14 bits per heavy atom. The number of nitrogens with zero attached hydrogens (tertiary/aromatic N) is 4. The monoisotopic (exact) mass is 725 g/mol. The molecule has 0 unspecified atom stereocenters. The lowest BCUT2D eigenvalue weighted by Gasteiger charge is -2.11. The third-order valence-electron chi connectivity index (χ3n) is 4.85. The number of hydrogen-bond donors (Lipinski definition) is 2. The van der Waals surface area contributed by atoms with Crippen LogP contribution >= 0.6 is 56.9 Å². The molecule has 0 aliphatic rings. The number of ether oxygens (including phenoxy) is 1. The molecule has 11 heteroatoms. The number of carbonyl (C=O) groups excluding carboxylic acids is 1. The second kappa shape index (κ2) is 12.5. The number of halogens is 2. The van der Waals surface area contributed by atoms with Crippen molar-refractivity contribution in [1.29, 1.82) is 0 Å². The molecule has 1 aromatic heterocycles. The third-order valence-corrected chi connectivity index (χ3v) is 7.23. The number of thioether (sulfide) groups is 1. The molecule has 4 aromatic rings. The number of aromatic nitrogens is 3. The fourth-order valence-electron chi connectivity index (χ4n) is 3.25. The van der Waals surface area contributed by atoms with Crippen LogP contribution in [0.15, 0.2) is 77.0 Å². The van der Waals surface area contributed by atoms with Crippen molar-refractivity contribution in [3.8, 4) is 28.6 Å². The number of phenolic OH excluding ortho intramolecular Hbond substituents is 1. The highest BCUT2D eigenvalue weighted by molar-refractivity contribution is 14.1. The molecule has 0 fully saturated rings. The molecule has 8 nitrogen and oxygen atoms in total. The Morgan fingerprint density at radius 3 is 2.61 bits per heavy atom. The van der Waals surface area contributed by atoms with Crippen LogP contribution in [0, 0.1) is 7.14 Å². The molecule has 184 valence electrons. The zero-order valence-corrected chi connectivity index (χ0v) is 24.2. The number of benzene rings is 3. The number of aromatic hydroxyl groups is 1. The molecule has 0 saturated heterocycles. The number of nitrogens with one attached hydrogen (secondary N) is 1. The van der Waals surface area contributed by atoms with Crippen molar-refractivity contribution in [1.82, 2.24) is 20.2 Å². The summed E-state index contributed by atoms with van der Waals surface area (Å²) in [7, 11) is 0. The van der Waals surface area contributed by atoms with Gasteiger partial charge in [-0.2, -0.15) is 5.10 Å². The quantitative estimate of drug-likeness (QED) is 0.103. The second-order valence-corrected chi connectivity index (χ2v) is 10.7. The molecule has 4 rings (SSSR count). The van der Waals surface area contributed by atoms with Gasteiger partial charge in [0.1, 0.15) is 11.5 Å². The van der Waals surface area contributed by atoms with Gasteiger partial charge in [-0.15, -0.1) is 10.2 Å². The molecule has 36 heavy (non-hydrogen) atoms. The van der Waals surface area contributed by atoms with E-state index in [2.05, 4.69) is 65.9 Å². The van der Waals surface area contributed by atoms with Gasteiger partial charge in [-0.3, -0.25) is 9.36 Å². The summed E-state index contributed by atoms with van der Waals surface area (Å²) in [6.07, 6.45) is 1.43. The maximum atomic E-state index is 12.5. The summed E-state index contributed by atoms with van der Waals surface area (Å²) < 4.78 is 9.15. The topological polar surface area (TPSA) is 102 Å². The van der Waals surface area contributed by atoms with Gasteiger partial charge in [0.15, 0.2) is 11.0 Å². The number of hydrogen-bond acceptors (Lipinski definition) is 7. The average molecular weight is 725 g/mol. The Hall–Kier alpha value is -2.65. The fourth-order valence-corrected chi connectivity index (χ4v) is 5.88. The number of carbonyl (C=O) groups is 1. The largest absolute Gasteiger partial charge is 0.506 e. The van der Waals surface area contributed by atoms with Gasteiger partial charge in [-0.05, 0) is 88.5 Å². The summed E-state index contributed by atoms with van der Waals surface area (Å²) in [5, 5.41) is 23.5. The van der Waals surface area contributed by atoms with Gasteiger partial charge >= 0.3 is 0 Å². The van der Waals surface area contributed by atoms with Crippen LogP contribution in [-0.4, -0.2) is 44.4 Å². The van der Waals surface area contributed by atoms with Gasteiger partial charge in [-0.25, -0.2) is 5.43 Å². The van der Waals surface area contributed by atoms with Crippen molar-refractivity contribution in [2.24, 2.45) is 5.10 Å². The van der Waals surface area contributed by atoms with E-state index in [-0.39, 0.29) is 17.4 Å². The second-order valence-electron chi connectivity index (χ2n) is 7.34. The summed E-state index contributed by atoms with van der Waals surface area (Å²) in [6, 6.07) is 21.1. The summed E-state index contributed by atoms with van der Waals surface area (Å²) in [4.78, 5) is 12.5. The van der Waals surface area contributed by atoms with E-state index in [4.69, 9.17) is 4.74 Å². The summed E-state index contributed by atoms with van der Waals surface area (Å²) in [6.45, 7) is 2.53. The van der Waals surface area contributed by atoms with Crippen LogP contribution in [-0.2, 0) is 4.79 Å². The Bertz CT molecular complexity index is 1380. The van der Waals surface area contributed by atoms with Gasteiger partial charge < -0.3 is 9.84 Å². The fraction of sp³-hybridized carbons (Fsp3) is 0.120. The van der Waals surface area contributed by atoms with E-state index in [1.807, 2.05) is 72.2 Å². The molecule has 3 aromatic carbocycles.